The third-order valence-corrected chi connectivity index (χ3v) is 4.09. The molecule has 2 unspecified atom stereocenters. The minimum Gasteiger partial charge on any atom is -0.508 e. The van der Waals surface area contributed by atoms with Crippen LogP contribution in [-0.2, 0) is 11.2 Å². The molecular formula is C20H24N2O6. The molecule has 0 saturated heterocycles. The molecule has 0 spiro atoms. The fourth-order valence-corrected chi connectivity index (χ4v) is 2.79. The van der Waals surface area contributed by atoms with Crippen molar-refractivity contribution in [2.75, 3.05) is 0 Å². The first kappa shape index (κ1) is 21.0. The number of rotatable bonds is 9. The number of carbonyl (C=O) groups excluding carboxylic acids is 2. The van der Waals surface area contributed by atoms with Crippen LogP contribution in [0, 0.1) is 5.92 Å². The summed E-state index contributed by atoms with van der Waals surface area (Å²) in [6.07, 6.45) is 0.476. The number of hydrogen-bond donors (Lipinski definition) is 4. The number of benzene rings is 1. The summed E-state index contributed by atoms with van der Waals surface area (Å²) in [5, 5.41) is 23.3. The van der Waals surface area contributed by atoms with Crippen LogP contribution in [0.1, 0.15) is 36.4 Å². The second kappa shape index (κ2) is 9.59. The van der Waals surface area contributed by atoms with Crippen molar-refractivity contribution in [1.82, 2.24) is 10.6 Å². The summed E-state index contributed by atoms with van der Waals surface area (Å²) in [6.45, 7) is 3.83. The topological polar surface area (TPSA) is 129 Å². The fourth-order valence-electron chi connectivity index (χ4n) is 2.79. The molecule has 0 aliphatic heterocycles. The molecule has 8 nitrogen and oxygen atoms in total. The van der Waals surface area contributed by atoms with Crippen LogP contribution in [0.15, 0.2) is 47.1 Å². The number of amides is 2. The molecule has 150 valence electrons. The Balaban J connectivity index is 2.16. The van der Waals surface area contributed by atoms with Gasteiger partial charge in [-0.3, -0.25) is 9.59 Å². The maximum Gasteiger partial charge on any atom is 0.405 e. The summed E-state index contributed by atoms with van der Waals surface area (Å²) < 4.78 is 5.14. The second-order valence-electron chi connectivity index (χ2n) is 6.90. The van der Waals surface area contributed by atoms with E-state index in [4.69, 9.17) is 9.52 Å². The van der Waals surface area contributed by atoms with Gasteiger partial charge in [0.25, 0.3) is 0 Å². The van der Waals surface area contributed by atoms with Crippen molar-refractivity contribution >= 4 is 17.8 Å². The Morgan fingerprint density at radius 2 is 1.71 bits per heavy atom. The van der Waals surface area contributed by atoms with E-state index in [1.807, 2.05) is 13.8 Å². The lowest BCUT2D eigenvalue weighted by atomic mass is 9.98. The zero-order valence-corrected chi connectivity index (χ0v) is 15.7. The molecule has 0 bridgehead atoms. The van der Waals surface area contributed by atoms with E-state index in [9.17, 15) is 19.5 Å². The second-order valence-corrected chi connectivity index (χ2v) is 6.90. The van der Waals surface area contributed by atoms with Gasteiger partial charge in [-0.2, -0.15) is 0 Å². The molecule has 2 atom stereocenters. The molecule has 28 heavy (non-hydrogen) atoms. The zero-order chi connectivity index (χ0) is 20.7. The number of phenols is 1. The monoisotopic (exact) mass is 388 g/mol. The molecule has 8 heteroatoms. The van der Waals surface area contributed by atoms with Gasteiger partial charge in [0.2, 0.25) is 11.7 Å². The van der Waals surface area contributed by atoms with Crippen LogP contribution in [-0.4, -0.2) is 40.1 Å². The van der Waals surface area contributed by atoms with Crippen molar-refractivity contribution < 1.29 is 29.0 Å². The van der Waals surface area contributed by atoms with Crippen molar-refractivity contribution in [2.45, 2.75) is 38.8 Å². The van der Waals surface area contributed by atoms with E-state index < -0.39 is 24.1 Å². The number of furan rings is 1. The van der Waals surface area contributed by atoms with Gasteiger partial charge >= 0.3 is 6.09 Å². The Kier molecular flexibility index (Phi) is 7.20. The Hall–Kier alpha value is -3.29. The molecule has 4 N–H and O–H groups in total. The normalized spacial score (nSPS) is 13.0. The molecular weight excluding hydrogens is 364 g/mol. The Labute approximate surface area is 162 Å². The minimum atomic E-state index is -1.35. The number of phenolic OH excluding ortho intramolecular Hbond substituents is 1. The van der Waals surface area contributed by atoms with Crippen molar-refractivity contribution in [3.8, 4) is 5.75 Å². The van der Waals surface area contributed by atoms with Gasteiger partial charge in [0.1, 0.15) is 11.8 Å². The number of ketones is 1. The molecule has 1 aromatic heterocycles. The lowest BCUT2D eigenvalue weighted by molar-refractivity contribution is -0.123. The summed E-state index contributed by atoms with van der Waals surface area (Å²) in [4.78, 5) is 36.5. The molecule has 2 aromatic rings. The molecule has 0 aliphatic rings. The summed E-state index contributed by atoms with van der Waals surface area (Å²) in [5.41, 5.74) is 0.657. The lowest BCUT2D eigenvalue weighted by Crippen LogP contribution is -2.52. The highest BCUT2D eigenvalue weighted by Crippen LogP contribution is 2.14. The Bertz CT molecular complexity index is 799. The lowest BCUT2D eigenvalue weighted by Gasteiger charge is -2.23. The predicted octanol–water partition coefficient (Wildman–Crippen LogP) is 2.58. The van der Waals surface area contributed by atoms with Gasteiger partial charge in [-0.05, 0) is 42.2 Å². The predicted molar refractivity (Wildman–Crippen MR) is 101 cm³/mol. The van der Waals surface area contributed by atoms with Crippen molar-refractivity contribution in [2.24, 2.45) is 5.92 Å². The van der Waals surface area contributed by atoms with Crippen molar-refractivity contribution in [3.63, 3.8) is 0 Å². The first-order valence-corrected chi connectivity index (χ1v) is 8.91. The fraction of sp³-hybridized carbons (Fsp3) is 0.350. The first-order valence-electron chi connectivity index (χ1n) is 8.91. The Morgan fingerprint density at radius 1 is 1.04 bits per heavy atom. The molecule has 0 aliphatic carbocycles. The molecule has 1 aromatic carbocycles. The van der Waals surface area contributed by atoms with Gasteiger partial charge in [-0.15, -0.1) is 0 Å². The van der Waals surface area contributed by atoms with Crippen LogP contribution in [0.2, 0.25) is 0 Å². The SMILES string of the molecule is CC(C)CC(NC(=O)C(Cc1ccc(O)cc1)NC(=O)O)C(=O)c1ccco1. The van der Waals surface area contributed by atoms with E-state index in [1.165, 1.54) is 24.5 Å². The molecule has 0 fully saturated rings. The Morgan fingerprint density at radius 3 is 2.25 bits per heavy atom. The molecule has 2 amide bonds. The summed E-state index contributed by atoms with van der Waals surface area (Å²) in [7, 11) is 0. The summed E-state index contributed by atoms with van der Waals surface area (Å²) in [5.74, 6) is -0.664. The van der Waals surface area contributed by atoms with Gasteiger partial charge in [0, 0.05) is 6.42 Å². The van der Waals surface area contributed by atoms with Crippen LogP contribution in [0.25, 0.3) is 0 Å². The number of nitrogens with one attached hydrogen (secondary N) is 2. The molecule has 0 saturated carbocycles. The average Bonchev–Trinajstić information content (AvgIpc) is 3.15. The van der Waals surface area contributed by atoms with Crippen LogP contribution in [0.4, 0.5) is 4.79 Å². The van der Waals surface area contributed by atoms with Gasteiger partial charge < -0.3 is 25.3 Å². The van der Waals surface area contributed by atoms with E-state index in [-0.39, 0.29) is 29.6 Å². The third kappa shape index (κ3) is 6.15. The van der Waals surface area contributed by atoms with Crippen LogP contribution >= 0.6 is 0 Å². The average molecular weight is 388 g/mol. The molecule has 0 radical (unpaired) electrons. The van der Waals surface area contributed by atoms with Gasteiger partial charge in [-0.1, -0.05) is 26.0 Å². The smallest absolute Gasteiger partial charge is 0.405 e. The van der Waals surface area contributed by atoms with Crippen LogP contribution < -0.4 is 10.6 Å². The zero-order valence-electron chi connectivity index (χ0n) is 15.7. The molecule has 1 heterocycles. The standard InChI is InChI=1S/C20H24N2O6/c1-12(2)10-15(18(24)17-4-3-9-28-17)21-19(25)16(22-20(26)27)11-13-5-7-14(23)8-6-13/h3-9,12,15-16,22-23H,10-11H2,1-2H3,(H,21,25)(H,26,27). The van der Waals surface area contributed by atoms with Gasteiger partial charge in [0.05, 0.1) is 12.3 Å². The number of hydrogen-bond acceptors (Lipinski definition) is 5. The highest BCUT2D eigenvalue weighted by molar-refractivity contribution is 6.00. The summed E-state index contributed by atoms with van der Waals surface area (Å²) in [6, 6.07) is 7.27. The largest absolute Gasteiger partial charge is 0.508 e. The number of carbonyl (C=O) groups is 3. The van der Waals surface area contributed by atoms with E-state index in [2.05, 4.69) is 10.6 Å². The maximum atomic E-state index is 12.7. The quantitative estimate of drug-likeness (QED) is 0.489. The molecule has 2 rings (SSSR count). The van der Waals surface area contributed by atoms with E-state index in [1.54, 1.807) is 18.2 Å². The van der Waals surface area contributed by atoms with Crippen molar-refractivity contribution in [3.05, 3.63) is 54.0 Å². The minimum absolute atomic E-state index is 0.0667. The number of carboxylic acid groups (broad SMARTS) is 1. The third-order valence-electron chi connectivity index (χ3n) is 4.09. The summed E-state index contributed by atoms with van der Waals surface area (Å²) >= 11 is 0. The highest BCUT2D eigenvalue weighted by Gasteiger charge is 2.29. The highest BCUT2D eigenvalue weighted by atomic mass is 16.4. The maximum absolute atomic E-state index is 12.7. The van der Waals surface area contributed by atoms with Gasteiger partial charge in [-0.25, -0.2) is 4.79 Å². The van der Waals surface area contributed by atoms with E-state index in [0.29, 0.717) is 12.0 Å². The van der Waals surface area contributed by atoms with Crippen molar-refractivity contribution in [1.29, 1.82) is 0 Å². The van der Waals surface area contributed by atoms with E-state index >= 15 is 0 Å². The van der Waals surface area contributed by atoms with Gasteiger partial charge in [0.15, 0.2) is 5.76 Å². The van der Waals surface area contributed by atoms with E-state index in [0.717, 1.165) is 0 Å². The first-order chi connectivity index (χ1) is 13.3. The van der Waals surface area contributed by atoms with Crippen LogP contribution in [0.5, 0.6) is 5.75 Å². The number of aromatic hydroxyl groups is 1. The van der Waals surface area contributed by atoms with Crippen LogP contribution in [0.3, 0.4) is 0 Å². The number of Topliss-reactive ketones (excluding diaryl/α,β-unsaturated/α-hetero) is 1.